The van der Waals surface area contributed by atoms with Crippen molar-refractivity contribution in [2.24, 2.45) is 5.41 Å². The van der Waals surface area contributed by atoms with Crippen molar-refractivity contribution in [3.63, 3.8) is 0 Å². The van der Waals surface area contributed by atoms with E-state index in [2.05, 4.69) is 6.58 Å². The molecular formula is C19H25NO4. The summed E-state index contributed by atoms with van der Waals surface area (Å²) in [5, 5.41) is 0. The minimum Gasteiger partial charge on any atom is -0.467 e. The smallest absolute Gasteiger partial charge is 0.411 e. The van der Waals surface area contributed by atoms with Crippen LogP contribution in [0.2, 0.25) is 0 Å². The lowest BCUT2D eigenvalue weighted by Gasteiger charge is -2.42. The van der Waals surface area contributed by atoms with Gasteiger partial charge in [-0.3, -0.25) is 4.90 Å². The fourth-order valence-electron chi connectivity index (χ4n) is 3.40. The molecule has 1 heterocycles. The quantitative estimate of drug-likeness (QED) is 0.612. The molecule has 2 unspecified atom stereocenters. The molecule has 0 saturated carbocycles. The predicted octanol–water partition coefficient (Wildman–Crippen LogP) is 3.54. The summed E-state index contributed by atoms with van der Waals surface area (Å²) in [6.45, 7) is 8.13. The molecule has 0 bridgehead atoms. The van der Waals surface area contributed by atoms with Crippen LogP contribution in [0.5, 0.6) is 0 Å². The van der Waals surface area contributed by atoms with Gasteiger partial charge in [0.05, 0.1) is 7.11 Å². The van der Waals surface area contributed by atoms with Crippen molar-refractivity contribution in [2.75, 3.05) is 13.7 Å². The Hall–Kier alpha value is -2.30. The lowest BCUT2D eigenvalue weighted by Crippen LogP contribution is -2.58. The van der Waals surface area contributed by atoms with E-state index < -0.39 is 23.0 Å². The van der Waals surface area contributed by atoms with E-state index in [0.29, 0.717) is 19.4 Å². The van der Waals surface area contributed by atoms with Gasteiger partial charge >= 0.3 is 12.1 Å². The first-order chi connectivity index (χ1) is 11.4. The van der Waals surface area contributed by atoms with Crippen LogP contribution in [-0.4, -0.2) is 36.2 Å². The summed E-state index contributed by atoms with van der Waals surface area (Å²) in [6.07, 6.45) is 2.58. The van der Waals surface area contributed by atoms with E-state index in [9.17, 15) is 9.59 Å². The van der Waals surface area contributed by atoms with Gasteiger partial charge in [-0.15, -0.1) is 6.58 Å². The van der Waals surface area contributed by atoms with Crippen LogP contribution < -0.4 is 0 Å². The number of ether oxygens (including phenoxy) is 2. The first-order valence-electron chi connectivity index (χ1n) is 8.06. The van der Waals surface area contributed by atoms with E-state index in [-0.39, 0.29) is 6.61 Å². The molecule has 1 fully saturated rings. The molecule has 1 amide bonds. The van der Waals surface area contributed by atoms with Gasteiger partial charge in [-0.2, -0.15) is 0 Å². The van der Waals surface area contributed by atoms with Gasteiger partial charge in [0.15, 0.2) is 0 Å². The van der Waals surface area contributed by atoms with Gasteiger partial charge in [0.25, 0.3) is 0 Å². The third-order valence-corrected chi connectivity index (χ3v) is 5.21. The highest BCUT2D eigenvalue weighted by atomic mass is 16.6. The molecule has 0 radical (unpaired) electrons. The summed E-state index contributed by atoms with van der Waals surface area (Å²) in [5.74, 6) is -0.430. The molecule has 24 heavy (non-hydrogen) atoms. The van der Waals surface area contributed by atoms with Crippen molar-refractivity contribution >= 4 is 12.1 Å². The van der Waals surface area contributed by atoms with Gasteiger partial charge in [-0.05, 0) is 25.3 Å². The van der Waals surface area contributed by atoms with E-state index in [0.717, 1.165) is 5.56 Å². The molecule has 5 heteroatoms. The molecule has 1 aliphatic heterocycles. The minimum atomic E-state index is -1.08. The first kappa shape index (κ1) is 18.0. The van der Waals surface area contributed by atoms with Gasteiger partial charge in [-0.1, -0.05) is 43.3 Å². The van der Waals surface area contributed by atoms with Gasteiger partial charge in [0.1, 0.15) is 12.1 Å². The fraction of sp³-hybridized carbons (Fsp3) is 0.474. The third-order valence-electron chi connectivity index (χ3n) is 5.21. The van der Waals surface area contributed by atoms with Crippen molar-refractivity contribution in [1.29, 1.82) is 0 Å². The molecule has 2 rings (SSSR count). The van der Waals surface area contributed by atoms with Crippen LogP contribution >= 0.6 is 0 Å². The Morgan fingerprint density at radius 3 is 2.54 bits per heavy atom. The van der Waals surface area contributed by atoms with Gasteiger partial charge in [0, 0.05) is 12.0 Å². The van der Waals surface area contributed by atoms with Gasteiger partial charge in [-0.25, -0.2) is 9.59 Å². The van der Waals surface area contributed by atoms with Crippen LogP contribution in [-0.2, 0) is 20.9 Å². The Labute approximate surface area is 143 Å². The average molecular weight is 331 g/mol. The van der Waals surface area contributed by atoms with E-state index in [1.165, 1.54) is 12.0 Å². The third kappa shape index (κ3) is 3.03. The van der Waals surface area contributed by atoms with Crippen molar-refractivity contribution < 1.29 is 19.1 Å². The largest absolute Gasteiger partial charge is 0.467 e. The lowest BCUT2D eigenvalue weighted by atomic mass is 9.70. The molecule has 1 aromatic rings. The maximum absolute atomic E-state index is 12.6. The van der Waals surface area contributed by atoms with Crippen LogP contribution in [0.1, 0.15) is 32.3 Å². The predicted molar refractivity (Wildman–Crippen MR) is 91.3 cm³/mol. The zero-order valence-electron chi connectivity index (χ0n) is 14.6. The SMILES string of the molecule is C=CCC1(C)CCN(C(=O)OCc2ccccc2)C1(C)C(=O)OC. The number of esters is 1. The highest BCUT2D eigenvalue weighted by Gasteiger charge is 2.60. The molecule has 0 aliphatic carbocycles. The molecule has 0 N–H and O–H groups in total. The van der Waals surface area contributed by atoms with Crippen LogP contribution in [0.4, 0.5) is 4.79 Å². The van der Waals surface area contributed by atoms with Gasteiger partial charge in [0.2, 0.25) is 0 Å². The Morgan fingerprint density at radius 1 is 1.29 bits per heavy atom. The average Bonchev–Trinajstić information content (AvgIpc) is 2.86. The minimum absolute atomic E-state index is 0.172. The summed E-state index contributed by atoms with van der Waals surface area (Å²) in [4.78, 5) is 26.6. The molecule has 1 aromatic carbocycles. The number of likely N-dealkylation sites (tertiary alicyclic amines) is 1. The molecule has 130 valence electrons. The van der Waals surface area contributed by atoms with Crippen molar-refractivity contribution in [2.45, 2.75) is 38.8 Å². The number of hydrogen-bond donors (Lipinski definition) is 0. The van der Waals surface area contributed by atoms with Crippen LogP contribution in [0.3, 0.4) is 0 Å². The van der Waals surface area contributed by atoms with Crippen molar-refractivity contribution in [3.8, 4) is 0 Å². The number of carbonyl (C=O) groups is 2. The molecule has 5 nitrogen and oxygen atoms in total. The summed E-state index contributed by atoms with van der Waals surface area (Å²) >= 11 is 0. The Morgan fingerprint density at radius 2 is 1.96 bits per heavy atom. The second kappa shape index (κ2) is 7.07. The molecular weight excluding hydrogens is 306 g/mol. The zero-order chi connectivity index (χ0) is 17.8. The molecule has 2 atom stereocenters. The number of amides is 1. The number of rotatable bonds is 5. The molecule has 1 aliphatic rings. The maximum atomic E-state index is 12.6. The number of methoxy groups -OCH3 is 1. The number of benzene rings is 1. The van der Waals surface area contributed by atoms with Crippen molar-refractivity contribution in [1.82, 2.24) is 4.90 Å². The van der Waals surface area contributed by atoms with Gasteiger partial charge < -0.3 is 9.47 Å². The Bertz CT molecular complexity index is 615. The topological polar surface area (TPSA) is 55.8 Å². The number of carbonyl (C=O) groups excluding carboxylic acids is 2. The monoisotopic (exact) mass is 331 g/mol. The normalized spacial score (nSPS) is 26.0. The van der Waals surface area contributed by atoms with Crippen LogP contribution in [0.25, 0.3) is 0 Å². The second-order valence-electron chi connectivity index (χ2n) is 6.56. The summed E-state index contributed by atoms with van der Waals surface area (Å²) in [5.41, 5.74) is -0.615. The Kier molecular flexibility index (Phi) is 5.32. The first-order valence-corrected chi connectivity index (χ1v) is 8.06. The number of allylic oxidation sites excluding steroid dienone is 1. The standard InChI is InChI=1S/C19H25NO4/c1-5-11-18(2)12-13-20(19(18,3)16(21)23-4)17(22)24-14-15-9-7-6-8-10-15/h5-10H,1,11-14H2,2-4H3. The summed E-state index contributed by atoms with van der Waals surface area (Å²) in [7, 11) is 1.34. The highest BCUT2D eigenvalue weighted by molar-refractivity contribution is 5.87. The number of hydrogen-bond acceptors (Lipinski definition) is 4. The lowest BCUT2D eigenvalue weighted by molar-refractivity contribution is -0.157. The van der Waals surface area contributed by atoms with Crippen LogP contribution in [0, 0.1) is 5.41 Å². The zero-order valence-corrected chi connectivity index (χ0v) is 14.6. The van der Waals surface area contributed by atoms with E-state index in [4.69, 9.17) is 9.47 Å². The summed E-state index contributed by atoms with van der Waals surface area (Å²) in [6, 6.07) is 9.45. The Balaban J connectivity index is 2.19. The van der Waals surface area contributed by atoms with E-state index in [1.54, 1.807) is 13.0 Å². The molecule has 0 spiro atoms. The number of nitrogens with zero attached hydrogens (tertiary/aromatic N) is 1. The van der Waals surface area contributed by atoms with Crippen molar-refractivity contribution in [3.05, 3.63) is 48.6 Å². The second-order valence-corrected chi connectivity index (χ2v) is 6.56. The van der Waals surface area contributed by atoms with E-state index >= 15 is 0 Å². The summed E-state index contributed by atoms with van der Waals surface area (Å²) < 4.78 is 10.4. The van der Waals surface area contributed by atoms with E-state index in [1.807, 2.05) is 37.3 Å². The maximum Gasteiger partial charge on any atom is 0.411 e. The molecule has 0 aromatic heterocycles. The molecule has 1 saturated heterocycles. The fourth-order valence-corrected chi connectivity index (χ4v) is 3.40. The van der Waals surface area contributed by atoms with Crippen LogP contribution in [0.15, 0.2) is 43.0 Å². The highest BCUT2D eigenvalue weighted by Crippen LogP contribution is 2.49.